The highest BCUT2D eigenvalue weighted by atomic mass is 79.9. The van der Waals surface area contributed by atoms with Crippen LogP contribution in [0, 0.1) is 0 Å². The summed E-state index contributed by atoms with van der Waals surface area (Å²) in [7, 11) is 1.69. The Morgan fingerprint density at radius 2 is 2.16 bits per heavy atom. The van der Waals surface area contributed by atoms with Crippen LogP contribution in [0.2, 0.25) is 0 Å². The number of benzene rings is 1. The van der Waals surface area contributed by atoms with E-state index in [1.54, 1.807) is 7.11 Å². The molecule has 1 saturated heterocycles. The molecular formula is C14H22BrClN2O. The second-order valence-electron chi connectivity index (χ2n) is 5.06. The maximum absolute atomic E-state index is 5.26. The van der Waals surface area contributed by atoms with E-state index < -0.39 is 0 Å². The van der Waals surface area contributed by atoms with E-state index in [0.29, 0.717) is 12.1 Å². The molecular weight excluding hydrogens is 328 g/mol. The molecule has 3 nitrogen and oxygen atoms in total. The molecule has 1 heterocycles. The number of nitrogens with one attached hydrogen (secondary N) is 1. The van der Waals surface area contributed by atoms with Gasteiger partial charge in [0, 0.05) is 31.7 Å². The van der Waals surface area contributed by atoms with Crippen molar-refractivity contribution in [3.05, 3.63) is 28.2 Å². The average Bonchev–Trinajstić information content (AvgIpc) is 2.34. The fourth-order valence-corrected chi connectivity index (χ4v) is 2.95. The molecule has 1 aliphatic heterocycles. The van der Waals surface area contributed by atoms with Gasteiger partial charge in [0.25, 0.3) is 0 Å². The Hall–Kier alpha value is -0.290. The third-order valence-corrected chi connectivity index (χ3v) is 4.12. The molecule has 0 spiro atoms. The number of nitrogens with zero attached hydrogens (tertiary/aromatic N) is 1. The minimum atomic E-state index is 0. The van der Waals surface area contributed by atoms with Gasteiger partial charge in [-0.15, -0.1) is 12.4 Å². The fraction of sp³-hybridized carbons (Fsp3) is 0.571. The summed E-state index contributed by atoms with van der Waals surface area (Å²) in [6.07, 6.45) is 0. The van der Waals surface area contributed by atoms with E-state index in [1.165, 1.54) is 5.56 Å². The summed E-state index contributed by atoms with van der Waals surface area (Å²) in [4.78, 5) is 2.52. The van der Waals surface area contributed by atoms with Gasteiger partial charge in [-0.3, -0.25) is 4.90 Å². The van der Waals surface area contributed by atoms with Crippen LogP contribution in [0.15, 0.2) is 22.7 Å². The zero-order valence-electron chi connectivity index (χ0n) is 11.6. The minimum absolute atomic E-state index is 0. The third kappa shape index (κ3) is 4.35. The molecule has 2 atom stereocenters. The van der Waals surface area contributed by atoms with Crippen LogP contribution in [0.5, 0.6) is 5.75 Å². The van der Waals surface area contributed by atoms with E-state index >= 15 is 0 Å². The van der Waals surface area contributed by atoms with Crippen molar-refractivity contribution in [2.75, 3.05) is 20.2 Å². The number of hydrogen-bond donors (Lipinski definition) is 1. The van der Waals surface area contributed by atoms with Crippen molar-refractivity contribution in [1.29, 1.82) is 0 Å². The lowest BCUT2D eigenvalue weighted by atomic mass is 10.1. The maximum atomic E-state index is 5.26. The van der Waals surface area contributed by atoms with E-state index in [1.807, 2.05) is 6.07 Å². The van der Waals surface area contributed by atoms with Gasteiger partial charge in [-0.2, -0.15) is 0 Å². The lowest BCUT2D eigenvalue weighted by molar-refractivity contribution is 0.139. The molecule has 2 unspecified atom stereocenters. The van der Waals surface area contributed by atoms with Crippen molar-refractivity contribution in [1.82, 2.24) is 10.2 Å². The molecule has 0 bridgehead atoms. The standard InChI is InChI=1S/C14H21BrN2O.ClH/c1-10-8-17(11(2)7-16-10)9-12-4-5-14(18-3)13(15)6-12;/h4-6,10-11,16H,7-9H2,1-3H3;1H. The molecule has 108 valence electrons. The van der Waals surface area contributed by atoms with Gasteiger partial charge in [-0.25, -0.2) is 0 Å². The van der Waals surface area contributed by atoms with Crippen molar-refractivity contribution >= 4 is 28.3 Å². The van der Waals surface area contributed by atoms with Crippen LogP contribution in [-0.2, 0) is 6.54 Å². The normalized spacial score (nSPS) is 23.8. The number of piperazine rings is 1. The Kier molecular flexibility index (Phi) is 6.60. The first kappa shape index (κ1) is 16.8. The topological polar surface area (TPSA) is 24.5 Å². The smallest absolute Gasteiger partial charge is 0.133 e. The van der Waals surface area contributed by atoms with Crippen LogP contribution in [0.25, 0.3) is 0 Å². The fourth-order valence-electron chi connectivity index (χ4n) is 2.36. The summed E-state index contributed by atoms with van der Waals surface area (Å²) >= 11 is 3.54. The molecule has 2 rings (SSSR count). The lowest BCUT2D eigenvalue weighted by Crippen LogP contribution is -2.53. The van der Waals surface area contributed by atoms with Gasteiger partial charge in [-0.05, 0) is 47.5 Å². The van der Waals surface area contributed by atoms with Crippen LogP contribution in [0.3, 0.4) is 0 Å². The Labute approximate surface area is 130 Å². The summed E-state index contributed by atoms with van der Waals surface area (Å²) in [5, 5.41) is 3.51. The van der Waals surface area contributed by atoms with E-state index in [9.17, 15) is 0 Å². The highest BCUT2D eigenvalue weighted by molar-refractivity contribution is 9.10. The van der Waals surface area contributed by atoms with Gasteiger partial charge in [0.2, 0.25) is 0 Å². The zero-order chi connectivity index (χ0) is 13.1. The van der Waals surface area contributed by atoms with Crippen LogP contribution >= 0.6 is 28.3 Å². The molecule has 1 fully saturated rings. The molecule has 0 aromatic heterocycles. The molecule has 1 aromatic carbocycles. The molecule has 1 aliphatic rings. The van der Waals surface area contributed by atoms with Crippen molar-refractivity contribution in [2.24, 2.45) is 0 Å². The lowest BCUT2D eigenvalue weighted by Gasteiger charge is -2.37. The minimum Gasteiger partial charge on any atom is -0.496 e. The largest absolute Gasteiger partial charge is 0.496 e. The summed E-state index contributed by atoms with van der Waals surface area (Å²) in [5.41, 5.74) is 1.32. The average molecular weight is 350 g/mol. The van der Waals surface area contributed by atoms with E-state index in [2.05, 4.69) is 52.1 Å². The second-order valence-corrected chi connectivity index (χ2v) is 5.91. The van der Waals surface area contributed by atoms with Crippen LogP contribution in [-0.4, -0.2) is 37.2 Å². The number of ether oxygens (including phenoxy) is 1. The quantitative estimate of drug-likeness (QED) is 0.907. The Balaban J connectivity index is 0.00000180. The second kappa shape index (κ2) is 7.48. The summed E-state index contributed by atoms with van der Waals surface area (Å²) < 4.78 is 6.28. The van der Waals surface area contributed by atoms with Gasteiger partial charge in [-0.1, -0.05) is 6.07 Å². The van der Waals surface area contributed by atoms with Gasteiger partial charge in [0.05, 0.1) is 11.6 Å². The highest BCUT2D eigenvalue weighted by Gasteiger charge is 2.22. The predicted octanol–water partition coefficient (Wildman–Crippen LogP) is 3.06. The number of halogens is 2. The highest BCUT2D eigenvalue weighted by Crippen LogP contribution is 2.26. The van der Waals surface area contributed by atoms with E-state index in [4.69, 9.17) is 4.74 Å². The van der Waals surface area contributed by atoms with Gasteiger partial charge < -0.3 is 10.1 Å². The molecule has 0 aliphatic carbocycles. The first-order chi connectivity index (χ1) is 8.60. The number of rotatable bonds is 3. The van der Waals surface area contributed by atoms with Crippen LogP contribution in [0.1, 0.15) is 19.4 Å². The van der Waals surface area contributed by atoms with Crippen molar-refractivity contribution in [2.45, 2.75) is 32.5 Å². The number of hydrogen-bond acceptors (Lipinski definition) is 3. The van der Waals surface area contributed by atoms with E-state index in [-0.39, 0.29) is 12.4 Å². The van der Waals surface area contributed by atoms with E-state index in [0.717, 1.165) is 29.9 Å². The van der Waals surface area contributed by atoms with Crippen molar-refractivity contribution in [3.8, 4) is 5.75 Å². The molecule has 1 aromatic rings. The molecule has 0 amide bonds. The molecule has 0 radical (unpaired) electrons. The predicted molar refractivity (Wildman–Crippen MR) is 85.3 cm³/mol. The van der Waals surface area contributed by atoms with Crippen LogP contribution < -0.4 is 10.1 Å². The Bertz CT molecular complexity index is 416. The van der Waals surface area contributed by atoms with Crippen molar-refractivity contribution in [3.63, 3.8) is 0 Å². The maximum Gasteiger partial charge on any atom is 0.133 e. The molecule has 1 N–H and O–H groups in total. The van der Waals surface area contributed by atoms with Gasteiger partial charge in [0.15, 0.2) is 0 Å². The third-order valence-electron chi connectivity index (χ3n) is 3.50. The summed E-state index contributed by atoms with van der Waals surface area (Å²) in [6.45, 7) is 7.68. The summed E-state index contributed by atoms with van der Waals surface area (Å²) in [6, 6.07) is 7.47. The van der Waals surface area contributed by atoms with Crippen molar-refractivity contribution < 1.29 is 4.74 Å². The first-order valence-electron chi connectivity index (χ1n) is 6.40. The molecule has 0 saturated carbocycles. The first-order valence-corrected chi connectivity index (χ1v) is 7.19. The van der Waals surface area contributed by atoms with Gasteiger partial charge >= 0.3 is 0 Å². The molecule has 19 heavy (non-hydrogen) atoms. The summed E-state index contributed by atoms with van der Waals surface area (Å²) in [5.74, 6) is 0.889. The Morgan fingerprint density at radius 3 is 2.79 bits per heavy atom. The van der Waals surface area contributed by atoms with Crippen LogP contribution in [0.4, 0.5) is 0 Å². The van der Waals surface area contributed by atoms with Gasteiger partial charge in [0.1, 0.15) is 5.75 Å². The monoisotopic (exact) mass is 348 g/mol. The SMILES string of the molecule is COc1ccc(CN2CC(C)NCC2C)cc1Br.Cl. The zero-order valence-corrected chi connectivity index (χ0v) is 14.1. The Morgan fingerprint density at radius 1 is 1.42 bits per heavy atom. The molecule has 5 heteroatoms. The number of methoxy groups -OCH3 is 1.